The number of fused-ring (bicyclic) bond motifs is 2. The van der Waals surface area contributed by atoms with Crippen molar-refractivity contribution in [2.24, 2.45) is 4.99 Å². The van der Waals surface area contributed by atoms with Crippen LogP contribution in [0.15, 0.2) is 40.7 Å². The van der Waals surface area contributed by atoms with E-state index in [1.54, 1.807) is 30.7 Å². The highest BCUT2D eigenvalue weighted by molar-refractivity contribution is 6.23. The molecule has 1 aliphatic heterocycles. The Labute approximate surface area is 91.7 Å². The Bertz CT molecular complexity index is 582. The molecule has 0 amide bonds. The summed E-state index contributed by atoms with van der Waals surface area (Å²) in [6.07, 6.45) is 5.65. The van der Waals surface area contributed by atoms with Gasteiger partial charge in [0.05, 0.1) is 11.3 Å². The van der Waals surface area contributed by atoms with Gasteiger partial charge in [0, 0.05) is 36.2 Å². The summed E-state index contributed by atoms with van der Waals surface area (Å²) in [7, 11) is 0. The number of carbonyl (C=O) groups is 1. The molecule has 0 unspecified atom stereocenters. The van der Waals surface area contributed by atoms with Gasteiger partial charge in [0.15, 0.2) is 0 Å². The zero-order valence-corrected chi connectivity index (χ0v) is 8.34. The van der Waals surface area contributed by atoms with Crippen LogP contribution >= 0.6 is 0 Å². The standard InChI is InChI=1S/C12H8N2O2/c15-12(16)11-8-2-1-3-14-10(8)4-7-5-13-6-9(7)11/h1-3,5-6H,4H2,(H,15,16). The number of aliphatic carboxylic acids is 1. The fourth-order valence-electron chi connectivity index (χ4n) is 2.08. The van der Waals surface area contributed by atoms with E-state index in [1.807, 2.05) is 0 Å². The molecule has 0 saturated heterocycles. The van der Waals surface area contributed by atoms with E-state index in [0.717, 1.165) is 11.3 Å². The number of aromatic nitrogens is 1. The molecule has 0 aromatic carbocycles. The minimum absolute atomic E-state index is 0.307. The van der Waals surface area contributed by atoms with E-state index >= 15 is 0 Å². The number of hydrogen-bond donors (Lipinski definition) is 1. The van der Waals surface area contributed by atoms with Crippen molar-refractivity contribution < 1.29 is 9.90 Å². The summed E-state index contributed by atoms with van der Waals surface area (Å²) in [6.45, 7) is 0. The molecule has 0 fully saturated rings. The monoisotopic (exact) mass is 212 g/mol. The molecule has 1 aliphatic carbocycles. The molecule has 2 aliphatic rings. The van der Waals surface area contributed by atoms with Crippen molar-refractivity contribution in [3.05, 3.63) is 46.9 Å². The summed E-state index contributed by atoms with van der Waals surface area (Å²) >= 11 is 0. The van der Waals surface area contributed by atoms with Gasteiger partial charge in [0.25, 0.3) is 0 Å². The van der Waals surface area contributed by atoms with E-state index in [1.165, 1.54) is 0 Å². The zero-order valence-electron chi connectivity index (χ0n) is 8.34. The van der Waals surface area contributed by atoms with Crippen LogP contribution in [-0.2, 0) is 11.2 Å². The molecule has 3 rings (SSSR count). The molecular weight excluding hydrogens is 204 g/mol. The Balaban J connectivity index is 2.32. The first-order valence-corrected chi connectivity index (χ1v) is 4.92. The van der Waals surface area contributed by atoms with Crippen molar-refractivity contribution in [1.82, 2.24) is 4.98 Å². The number of aliphatic imine (C=N–C) groups is 1. The van der Waals surface area contributed by atoms with E-state index in [-0.39, 0.29) is 0 Å². The molecule has 1 aromatic rings. The number of hydrogen-bond acceptors (Lipinski definition) is 3. The van der Waals surface area contributed by atoms with Gasteiger partial charge in [-0.1, -0.05) is 6.07 Å². The number of rotatable bonds is 1. The molecule has 78 valence electrons. The Morgan fingerprint density at radius 1 is 1.44 bits per heavy atom. The van der Waals surface area contributed by atoms with Gasteiger partial charge in [0.1, 0.15) is 0 Å². The maximum absolute atomic E-state index is 11.3. The van der Waals surface area contributed by atoms with Crippen LogP contribution in [0, 0.1) is 0 Å². The summed E-state index contributed by atoms with van der Waals surface area (Å²) in [6, 6.07) is 3.55. The quantitative estimate of drug-likeness (QED) is 0.766. The SMILES string of the molecule is O=C(O)C1=C2C=NC=C2Cc2ncccc21. The van der Waals surface area contributed by atoms with Crippen molar-refractivity contribution in [2.75, 3.05) is 0 Å². The minimum atomic E-state index is -0.928. The second-order valence-electron chi connectivity index (χ2n) is 3.70. The van der Waals surface area contributed by atoms with E-state index in [4.69, 9.17) is 0 Å². The van der Waals surface area contributed by atoms with E-state index < -0.39 is 5.97 Å². The summed E-state index contributed by atoms with van der Waals surface area (Å²) in [4.78, 5) is 19.5. The fourth-order valence-corrected chi connectivity index (χ4v) is 2.08. The first-order valence-electron chi connectivity index (χ1n) is 4.92. The highest BCUT2D eigenvalue weighted by Crippen LogP contribution is 2.34. The summed E-state index contributed by atoms with van der Waals surface area (Å²) in [5.41, 5.74) is 3.47. The summed E-state index contributed by atoms with van der Waals surface area (Å²) in [5, 5.41) is 9.26. The lowest BCUT2D eigenvalue weighted by molar-refractivity contribution is -0.130. The predicted molar refractivity (Wildman–Crippen MR) is 59.1 cm³/mol. The van der Waals surface area contributed by atoms with Crippen molar-refractivity contribution >= 4 is 17.8 Å². The Morgan fingerprint density at radius 2 is 2.31 bits per heavy atom. The smallest absolute Gasteiger partial charge is 0.337 e. The average molecular weight is 212 g/mol. The van der Waals surface area contributed by atoms with Crippen LogP contribution in [0.2, 0.25) is 0 Å². The summed E-state index contributed by atoms with van der Waals surface area (Å²) < 4.78 is 0. The highest BCUT2D eigenvalue weighted by atomic mass is 16.4. The number of carboxylic acid groups (broad SMARTS) is 1. The molecule has 0 atom stereocenters. The molecule has 2 heterocycles. The van der Waals surface area contributed by atoms with Gasteiger partial charge in [-0.25, -0.2) is 4.79 Å². The van der Waals surface area contributed by atoms with Crippen LogP contribution in [0.4, 0.5) is 0 Å². The van der Waals surface area contributed by atoms with Gasteiger partial charge >= 0.3 is 5.97 Å². The Hall–Kier alpha value is -2.23. The minimum Gasteiger partial charge on any atom is -0.478 e. The highest BCUT2D eigenvalue weighted by Gasteiger charge is 2.28. The van der Waals surface area contributed by atoms with Gasteiger partial charge < -0.3 is 5.11 Å². The molecule has 4 heteroatoms. The number of allylic oxidation sites excluding steroid dienone is 2. The van der Waals surface area contributed by atoms with Crippen LogP contribution in [0.3, 0.4) is 0 Å². The lowest BCUT2D eigenvalue weighted by Crippen LogP contribution is -2.14. The van der Waals surface area contributed by atoms with Gasteiger partial charge in [-0.3, -0.25) is 9.98 Å². The first-order chi connectivity index (χ1) is 7.77. The van der Waals surface area contributed by atoms with Crippen molar-refractivity contribution in [1.29, 1.82) is 0 Å². The second-order valence-corrected chi connectivity index (χ2v) is 3.70. The van der Waals surface area contributed by atoms with Crippen LogP contribution in [0.25, 0.3) is 5.57 Å². The molecule has 0 radical (unpaired) electrons. The normalized spacial score (nSPS) is 16.9. The number of carboxylic acids is 1. The van der Waals surface area contributed by atoms with Crippen LogP contribution in [0.1, 0.15) is 11.3 Å². The third-order valence-corrected chi connectivity index (χ3v) is 2.78. The molecule has 1 N–H and O–H groups in total. The molecule has 0 saturated carbocycles. The van der Waals surface area contributed by atoms with Crippen LogP contribution < -0.4 is 0 Å². The van der Waals surface area contributed by atoms with Crippen molar-refractivity contribution in [3.8, 4) is 0 Å². The maximum Gasteiger partial charge on any atom is 0.337 e. The van der Waals surface area contributed by atoms with E-state index in [2.05, 4.69) is 9.98 Å². The fraction of sp³-hybridized carbons (Fsp3) is 0.0833. The Kier molecular flexibility index (Phi) is 1.77. The van der Waals surface area contributed by atoms with Crippen molar-refractivity contribution in [2.45, 2.75) is 6.42 Å². The van der Waals surface area contributed by atoms with Gasteiger partial charge in [-0.2, -0.15) is 0 Å². The number of pyridine rings is 1. The third kappa shape index (κ3) is 1.13. The molecule has 16 heavy (non-hydrogen) atoms. The number of nitrogens with zero attached hydrogens (tertiary/aromatic N) is 2. The van der Waals surface area contributed by atoms with Crippen molar-refractivity contribution in [3.63, 3.8) is 0 Å². The Morgan fingerprint density at radius 3 is 3.12 bits per heavy atom. The molecular formula is C12H8N2O2. The molecule has 0 spiro atoms. The van der Waals surface area contributed by atoms with Gasteiger partial charge in [0.2, 0.25) is 0 Å². The predicted octanol–water partition coefficient (Wildman–Crippen LogP) is 1.44. The lowest BCUT2D eigenvalue weighted by atomic mass is 9.86. The molecule has 4 nitrogen and oxygen atoms in total. The second kappa shape index (κ2) is 3.13. The topological polar surface area (TPSA) is 62.5 Å². The summed E-state index contributed by atoms with van der Waals surface area (Å²) in [5.74, 6) is -0.928. The lowest BCUT2D eigenvalue weighted by Gasteiger charge is -2.18. The molecule has 0 bridgehead atoms. The largest absolute Gasteiger partial charge is 0.478 e. The van der Waals surface area contributed by atoms with Crippen LogP contribution in [-0.4, -0.2) is 22.3 Å². The zero-order chi connectivity index (χ0) is 11.1. The molecule has 1 aromatic heterocycles. The van der Waals surface area contributed by atoms with Gasteiger partial charge in [-0.05, 0) is 11.6 Å². The third-order valence-electron chi connectivity index (χ3n) is 2.78. The average Bonchev–Trinajstić information content (AvgIpc) is 2.72. The van der Waals surface area contributed by atoms with E-state index in [9.17, 15) is 9.90 Å². The van der Waals surface area contributed by atoms with Crippen LogP contribution in [0.5, 0.6) is 0 Å². The van der Waals surface area contributed by atoms with E-state index in [0.29, 0.717) is 23.1 Å². The van der Waals surface area contributed by atoms with Gasteiger partial charge in [-0.15, -0.1) is 0 Å². The maximum atomic E-state index is 11.3. The first kappa shape index (κ1) is 9.03.